The van der Waals surface area contributed by atoms with Gasteiger partial charge in [0.1, 0.15) is 18.1 Å². The lowest BCUT2D eigenvalue weighted by Crippen LogP contribution is -2.38. The SMILES string of the molecule is CCNC(=NCc1ccco1)NC(C)c1ccc(C)c(F)c1. The zero-order valence-electron chi connectivity index (χ0n) is 13.2. The van der Waals surface area contributed by atoms with Crippen LogP contribution in [0, 0.1) is 12.7 Å². The number of aryl methyl sites for hydroxylation is 1. The molecule has 1 aromatic carbocycles. The Kier molecular flexibility index (Phi) is 5.58. The molecule has 118 valence electrons. The van der Waals surface area contributed by atoms with Gasteiger partial charge in [0.25, 0.3) is 0 Å². The molecule has 5 heteroatoms. The molecule has 0 spiro atoms. The first kappa shape index (κ1) is 16.1. The lowest BCUT2D eigenvalue weighted by atomic mass is 10.1. The monoisotopic (exact) mass is 303 g/mol. The lowest BCUT2D eigenvalue weighted by molar-refractivity contribution is 0.511. The van der Waals surface area contributed by atoms with Crippen molar-refractivity contribution >= 4 is 5.96 Å². The van der Waals surface area contributed by atoms with E-state index >= 15 is 0 Å². The molecule has 2 rings (SSSR count). The topological polar surface area (TPSA) is 49.6 Å². The summed E-state index contributed by atoms with van der Waals surface area (Å²) in [6.07, 6.45) is 1.63. The van der Waals surface area contributed by atoms with Gasteiger partial charge in [0.15, 0.2) is 5.96 Å². The quantitative estimate of drug-likeness (QED) is 0.656. The van der Waals surface area contributed by atoms with Crippen LogP contribution in [0.3, 0.4) is 0 Å². The lowest BCUT2D eigenvalue weighted by Gasteiger charge is -2.18. The zero-order valence-corrected chi connectivity index (χ0v) is 13.2. The summed E-state index contributed by atoms with van der Waals surface area (Å²) < 4.78 is 18.9. The fourth-order valence-corrected chi connectivity index (χ4v) is 2.05. The molecule has 1 unspecified atom stereocenters. The van der Waals surface area contributed by atoms with E-state index in [-0.39, 0.29) is 11.9 Å². The van der Waals surface area contributed by atoms with Crippen molar-refractivity contribution in [2.45, 2.75) is 33.4 Å². The average molecular weight is 303 g/mol. The number of nitrogens with one attached hydrogen (secondary N) is 2. The maximum Gasteiger partial charge on any atom is 0.192 e. The van der Waals surface area contributed by atoms with Gasteiger partial charge in [-0.3, -0.25) is 0 Å². The van der Waals surface area contributed by atoms with Crippen molar-refractivity contribution in [1.82, 2.24) is 10.6 Å². The van der Waals surface area contributed by atoms with Gasteiger partial charge >= 0.3 is 0 Å². The third-order valence-electron chi connectivity index (χ3n) is 3.37. The molecule has 0 bridgehead atoms. The first-order valence-electron chi connectivity index (χ1n) is 7.43. The molecule has 0 radical (unpaired) electrons. The molecule has 0 amide bonds. The summed E-state index contributed by atoms with van der Waals surface area (Å²) in [5, 5.41) is 6.45. The van der Waals surface area contributed by atoms with Crippen molar-refractivity contribution in [2.75, 3.05) is 6.54 Å². The van der Waals surface area contributed by atoms with Crippen molar-refractivity contribution in [3.8, 4) is 0 Å². The van der Waals surface area contributed by atoms with E-state index in [0.29, 0.717) is 18.1 Å². The van der Waals surface area contributed by atoms with E-state index in [1.807, 2.05) is 32.0 Å². The van der Waals surface area contributed by atoms with Crippen LogP contribution in [0.25, 0.3) is 0 Å². The number of aliphatic imine (C=N–C) groups is 1. The number of guanidine groups is 1. The highest BCUT2D eigenvalue weighted by molar-refractivity contribution is 5.80. The van der Waals surface area contributed by atoms with Crippen LogP contribution in [0.15, 0.2) is 46.0 Å². The van der Waals surface area contributed by atoms with Crippen molar-refractivity contribution in [3.05, 3.63) is 59.3 Å². The molecule has 1 aromatic heterocycles. The molecule has 4 nitrogen and oxygen atoms in total. The van der Waals surface area contributed by atoms with Gasteiger partial charge in [-0.05, 0) is 50.1 Å². The molecule has 2 aromatic rings. The molecule has 0 saturated heterocycles. The van der Waals surface area contributed by atoms with Gasteiger partial charge in [-0.15, -0.1) is 0 Å². The van der Waals surface area contributed by atoms with E-state index < -0.39 is 0 Å². The zero-order chi connectivity index (χ0) is 15.9. The van der Waals surface area contributed by atoms with Crippen LogP contribution in [-0.2, 0) is 6.54 Å². The summed E-state index contributed by atoms with van der Waals surface area (Å²) in [5.41, 5.74) is 1.53. The van der Waals surface area contributed by atoms with Gasteiger partial charge in [0, 0.05) is 6.54 Å². The minimum Gasteiger partial charge on any atom is -0.467 e. The van der Waals surface area contributed by atoms with E-state index in [9.17, 15) is 4.39 Å². The molecule has 22 heavy (non-hydrogen) atoms. The second kappa shape index (κ2) is 7.64. The van der Waals surface area contributed by atoms with Gasteiger partial charge < -0.3 is 15.1 Å². The van der Waals surface area contributed by atoms with Crippen LogP contribution >= 0.6 is 0 Å². The third kappa shape index (κ3) is 4.35. The van der Waals surface area contributed by atoms with E-state index in [1.54, 1.807) is 25.3 Å². The molecule has 0 aliphatic heterocycles. The van der Waals surface area contributed by atoms with Gasteiger partial charge in [-0.25, -0.2) is 9.38 Å². The van der Waals surface area contributed by atoms with Crippen molar-refractivity contribution in [1.29, 1.82) is 0 Å². The molecule has 0 fully saturated rings. The number of rotatable bonds is 5. The summed E-state index contributed by atoms with van der Waals surface area (Å²) in [5.74, 6) is 1.28. The highest BCUT2D eigenvalue weighted by Crippen LogP contribution is 2.16. The van der Waals surface area contributed by atoms with Crippen molar-refractivity contribution in [3.63, 3.8) is 0 Å². The van der Waals surface area contributed by atoms with Crippen molar-refractivity contribution in [2.24, 2.45) is 4.99 Å². The van der Waals surface area contributed by atoms with Gasteiger partial charge in [-0.1, -0.05) is 12.1 Å². The van der Waals surface area contributed by atoms with Gasteiger partial charge in [0.2, 0.25) is 0 Å². The second-order valence-electron chi connectivity index (χ2n) is 5.15. The van der Waals surface area contributed by atoms with Crippen LogP contribution in [0.2, 0.25) is 0 Å². The molecular formula is C17H22FN3O. The Labute approximate surface area is 130 Å². The number of hydrogen-bond acceptors (Lipinski definition) is 2. The Morgan fingerprint density at radius 2 is 2.18 bits per heavy atom. The maximum atomic E-state index is 13.7. The highest BCUT2D eigenvalue weighted by atomic mass is 19.1. The van der Waals surface area contributed by atoms with E-state index in [0.717, 1.165) is 17.9 Å². The Balaban J connectivity index is 2.05. The standard InChI is InChI=1S/C17H22FN3O/c1-4-19-17(20-11-15-6-5-9-22-15)21-13(3)14-8-7-12(2)16(18)10-14/h5-10,13H,4,11H2,1-3H3,(H2,19,20,21). The predicted molar refractivity (Wildman–Crippen MR) is 86.2 cm³/mol. The Hall–Kier alpha value is -2.30. The first-order chi connectivity index (χ1) is 10.6. The molecule has 1 atom stereocenters. The normalized spacial score (nSPS) is 13.0. The fraction of sp³-hybridized carbons (Fsp3) is 0.353. The second-order valence-corrected chi connectivity index (χ2v) is 5.15. The van der Waals surface area contributed by atoms with Gasteiger partial charge in [0.05, 0.1) is 12.3 Å². The van der Waals surface area contributed by atoms with Crippen LogP contribution < -0.4 is 10.6 Å². The average Bonchev–Trinajstić information content (AvgIpc) is 3.01. The summed E-state index contributed by atoms with van der Waals surface area (Å²) in [7, 11) is 0. The molecular weight excluding hydrogens is 281 g/mol. The first-order valence-corrected chi connectivity index (χ1v) is 7.43. The molecule has 0 aliphatic carbocycles. The van der Waals surface area contributed by atoms with E-state index in [1.165, 1.54) is 0 Å². The van der Waals surface area contributed by atoms with E-state index in [4.69, 9.17) is 4.42 Å². The Morgan fingerprint density at radius 3 is 2.82 bits per heavy atom. The minimum atomic E-state index is -0.191. The minimum absolute atomic E-state index is 0.0514. The van der Waals surface area contributed by atoms with Gasteiger partial charge in [-0.2, -0.15) is 0 Å². The van der Waals surface area contributed by atoms with Crippen LogP contribution in [0.1, 0.15) is 36.8 Å². The number of hydrogen-bond donors (Lipinski definition) is 2. The number of benzene rings is 1. The largest absolute Gasteiger partial charge is 0.467 e. The number of halogens is 1. The van der Waals surface area contributed by atoms with E-state index in [2.05, 4.69) is 15.6 Å². The Morgan fingerprint density at radius 1 is 1.36 bits per heavy atom. The van der Waals surface area contributed by atoms with Crippen molar-refractivity contribution < 1.29 is 8.81 Å². The summed E-state index contributed by atoms with van der Waals surface area (Å²) in [6.45, 7) is 6.94. The molecule has 2 N–H and O–H groups in total. The molecule has 0 aliphatic rings. The summed E-state index contributed by atoms with van der Waals surface area (Å²) >= 11 is 0. The third-order valence-corrected chi connectivity index (χ3v) is 3.37. The fourth-order valence-electron chi connectivity index (χ4n) is 2.05. The Bertz CT molecular complexity index is 623. The summed E-state index contributed by atoms with van der Waals surface area (Å²) in [6, 6.07) is 8.93. The highest BCUT2D eigenvalue weighted by Gasteiger charge is 2.09. The predicted octanol–water partition coefficient (Wildman–Crippen LogP) is 3.54. The molecule has 1 heterocycles. The van der Waals surface area contributed by atoms with Crippen LogP contribution in [-0.4, -0.2) is 12.5 Å². The van der Waals surface area contributed by atoms with Crippen LogP contribution in [0.4, 0.5) is 4.39 Å². The maximum absolute atomic E-state index is 13.7. The number of furan rings is 1. The summed E-state index contributed by atoms with van der Waals surface area (Å²) in [4.78, 5) is 4.47. The number of nitrogens with zero attached hydrogens (tertiary/aromatic N) is 1. The molecule has 0 saturated carbocycles. The van der Waals surface area contributed by atoms with Crippen LogP contribution in [0.5, 0.6) is 0 Å². The smallest absolute Gasteiger partial charge is 0.192 e.